The van der Waals surface area contributed by atoms with Crippen LogP contribution in [-0.2, 0) is 5.41 Å². The van der Waals surface area contributed by atoms with Crippen LogP contribution in [0, 0.1) is 5.41 Å². The van der Waals surface area contributed by atoms with Gasteiger partial charge in [0.25, 0.3) is 0 Å². The Bertz CT molecular complexity index is 366. The maximum atomic E-state index is 9.21. The first-order chi connectivity index (χ1) is 8.87. The van der Waals surface area contributed by atoms with Crippen molar-refractivity contribution in [1.82, 2.24) is 0 Å². The van der Waals surface area contributed by atoms with Crippen LogP contribution in [0.4, 0.5) is 0 Å². The van der Waals surface area contributed by atoms with Crippen LogP contribution in [0.3, 0.4) is 0 Å². The van der Waals surface area contributed by atoms with E-state index in [1.54, 1.807) is 0 Å². The van der Waals surface area contributed by atoms with Gasteiger partial charge in [0.2, 0.25) is 0 Å². The molecule has 19 heavy (non-hydrogen) atoms. The highest BCUT2D eigenvalue weighted by Gasteiger charge is 2.29. The summed E-state index contributed by atoms with van der Waals surface area (Å²) in [5.41, 5.74) is 0.296. The van der Waals surface area contributed by atoms with Gasteiger partial charge in [0.05, 0.1) is 25.2 Å². The van der Waals surface area contributed by atoms with E-state index >= 15 is 0 Å². The molecule has 0 aliphatic rings. The molecule has 0 saturated heterocycles. The minimum absolute atomic E-state index is 0.0748. The van der Waals surface area contributed by atoms with E-state index in [-0.39, 0.29) is 31.8 Å². The largest absolute Gasteiger partial charge is 0.493 e. The minimum Gasteiger partial charge on any atom is -0.493 e. The molecular weight excluding hydrogens is 244 g/mol. The Kier molecular flexibility index (Phi) is 5.35. The molecule has 0 heterocycles. The lowest BCUT2D eigenvalue weighted by Gasteiger charge is -2.27. The number of rotatable bonds is 6. The highest BCUT2D eigenvalue weighted by Crippen LogP contribution is 2.25. The van der Waals surface area contributed by atoms with E-state index in [4.69, 9.17) is 4.74 Å². The molecule has 1 aromatic rings. The van der Waals surface area contributed by atoms with E-state index in [9.17, 15) is 15.3 Å². The van der Waals surface area contributed by atoms with Gasteiger partial charge in [-0.3, -0.25) is 0 Å². The van der Waals surface area contributed by atoms with Crippen LogP contribution < -0.4 is 4.74 Å². The molecule has 4 heteroatoms. The summed E-state index contributed by atoms with van der Waals surface area (Å²) in [5.74, 6) is 0.660. The maximum Gasteiger partial charge on any atom is 0.119 e. The molecular formula is C15H24O4. The zero-order valence-electron chi connectivity index (χ0n) is 11.9. The van der Waals surface area contributed by atoms with Crippen molar-refractivity contribution in [1.29, 1.82) is 0 Å². The van der Waals surface area contributed by atoms with Crippen molar-refractivity contribution in [3.8, 4) is 5.75 Å². The van der Waals surface area contributed by atoms with Gasteiger partial charge in [0.15, 0.2) is 0 Å². The standard InChI is InChI=1S/C15H24O4/c1-14(2,3)12-4-6-13(7-5-12)19-11-15(8-16,9-17)10-18/h4-7,16-18H,8-11H2,1-3H3. The number of hydrogen-bond acceptors (Lipinski definition) is 4. The maximum absolute atomic E-state index is 9.21. The fraction of sp³-hybridized carbons (Fsp3) is 0.600. The molecule has 0 atom stereocenters. The Labute approximate surface area is 114 Å². The third-order valence-corrected chi connectivity index (χ3v) is 3.27. The molecule has 1 rings (SSSR count). The van der Waals surface area contributed by atoms with E-state index in [1.165, 1.54) is 5.56 Å². The van der Waals surface area contributed by atoms with E-state index in [0.29, 0.717) is 5.75 Å². The first kappa shape index (κ1) is 16.0. The molecule has 0 aromatic heterocycles. The van der Waals surface area contributed by atoms with Crippen molar-refractivity contribution in [2.45, 2.75) is 26.2 Å². The van der Waals surface area contributed by atoms with Crippen molar-refractivity contribution in [3.63, 3.8) is 0 Å². The molecule has 0 spiro atoms. The Morgan fingerprint density at radius 3 is 1.74 bits per heavy atom. The number of ether oxygens (including phenoxy) is 1. The molecule has 108 valence electrons. The fourth-order valence-electron chi connectivity index (χ4n) is 1.57. The first-order valence-corrected chi connectivity index (χ1v) is 6.43. The normalized spacial score (nSPS) is 12.5. The Balaban J connectivity index is 2.69. The second-order valence-corrected chi connectivity index (χ2v) is 6.04. The molecule has 1 aromatic carbocycles. The topological polar surface area (TPSA) is 69.9 Å². The summed E-state index contributed by atoms with van der Waals surface area (Å²) < 4.78 is 5.53. The monoisotopic (exact) mass is 268 g/mol. The van der Waals surface area contributed by atoms with Gasteiger partial charge in [-0.15, -0.1) is 0 Å². The number of benzene rings is 1. The van der Waals surface area contributed by atoms with E-state index in [0.717, 1.165) is 0 Å². The van der Waals surface area contributed by atoms with Crippen molar-refractivity contribution in [2.24, 2.45) is 5.41 Å². The smallest absolute Gasteiger partial charge is 0.119 e. The van der Waals surface area contributed by atoms with Gasteiger partial charge < -0.3 is 20.1 Å². The Morgan fingerprint density at radius 1 is 0.895 bits per heavy atom. The molecule has 3 N–H and O–H groups in total. The third kappa shape index (κ3) is 4.20. The molecule has 0 aliphatic heterocycles. The second kappa shape index (κ2) is 6.37. The number of hydrogen-bond donors (Lipinski definition) is 3. The number of aliphatic hydroxyl groups is 3. The zero-order valence-corrected chi connectivity index (χ0v) is 11.9. The molecule has 0 aliphatic carbocycles. The average molecular weight is 268 g/mol. The molecule has 0 amide bonds. The summed E-state index contributed by atoms with van der Waals surface area (Å²) in [6.07, 6.45) is 0. The SMILES string of the molecule is CC(C)(C)c1ccc(OCC(CO)(CO)CO)cc1. The highest BCUT2D eigenvalue weighted by atomic mass is 16.5. The van der Waals surface area contributed by atoms with Crippen molar-refractivity contribution >= 4 is 0 Å². The Hall–Kier alpha value is -1.10. The van der Waals surface area contributed by atoms with Crippen LogP contribution in [0.5, 0.6) is 5.75 Å². The lowest BCUT2D eigenvalue weighted by molar-refractivity contribution is -0.0258. The predicted molar refractivity (Wildman–Crippen MR) is 74.3 cm³/mol. The van der Waals surface area contributed by atoms with Gasteiger partial charge in [-0.2, -0.15) is 0 Å². The van der Waals surface area contributed by atoms with Gasteiger partial charge in [-0.1, -0.05) is 32.9 Å². The quantitative estimate of drug-likeness (QED) is 0.728. The molecule has 0 radical (unpaired) electrons. The average Bonchev–Trinajstić information content (AvgIpc) is 2.40. The van der Waals surface area contributed by atoms with Gasteiger partial charge in [0.1, 0.15) is 12.4 Å². The van der Waals surface area contributed by atoms with Crippen molar-refractivity contribution < 1.29 is 20.1 Å². The van der Waals surface area contributed by atoms with E-state index < -0.39 is 5.41 Å². The third-order valence-electron chi connectivity index (χ3n) is 3.27. The lowest BCUT2D eigenvalue weighted by atomic mass is 9.87. The lowest BCUT2D eigenvalue weighted by Crippen LogP contribution is -2.39. The summed E-state index contributed by atoms with van der Waals surface area (Å²) in [6, 6.07) is 7.70. The zero-order chi connectivity index (χ0) is 14.5. The van der Waals surface area contributed by atoms with Crippen molar-refractivity contribution in [2.75, 3.05) is 26.4 Å². The highest BCUT2D eigenvalue weighted by molar-refractivity contribution is 5.31. The van der Waals surface area contributed by atoms with Crippen molar-refractivity contribution in [3.05, 3.63) is 29.8 Å². The van der Waals surface area contributed by atoms with Gasteiger partial charge in [0, 0.05) is 0 Å². The van der Waals surface area contributed by atoms with Gasteiger partial charge in [-0.25, -0.2) is 0 Å². The molecule has 0 unspecified atom stereocenters. The molecule has 4 nitrogen and oxygen atoms in total. The summed E-state index contributed by atoms with van der Waals surface area (Å²) in [5, 5.41) is 27.6. The van der Waals surface area contributed by atoms with Crippen LogP contribution in [0.1, 0.15) is 26.3 Å². The van der Waals surface area contributed by atoms with Crippen LogP contribution in [0.2, 0.25) is 0 Å². The summed E-state index contributed by atoms with van der Waals surface area (Å²) in [6.45, 7) is 5.52. The van der Waals surface area contributed by atoms with E-state index in [2.05, 4.69) is 20.8 Å². The van der Waals surface area contributed by atoms with Crippen LogP contribution in [0.25, 0.3) is 0 Å². The van der Waals surface area contributed by atoms with Crippen LogP contribution in [0.15, 0.2) is 24.3 Å². The molecule has 0 fully saturated rings. The predicted octanol–water partition coefficient (Wildman–Crippen LogP) is 1.33. The summed E-state index contributed by atoms with van der Waals surface area (Å²) in [7, 11) is 0. The second-order valence-electron chi connectivity index (χ2n) is 6.04. The van der Waals surface area contributed by atoms with E-state index in [1.807, 2.05) is 24.3 Å². The van der Waals surface area contributed by atoms with Crippen LogP contribution in [-0.4, -0.2) is 41.7 Å². The van der Waals surface area contributed by atoms with Gasteiger partial charge in [-0.05, 0) is 23.1 Å². The first-order valence-electron chi connectivity index (χ1n) is 6.43. The minimum atomic E-state index is -0.997. The number of aliphatic hydroxyl groups excluding tert-OH is 3. The molecule has 0 bridgehead atoms. The summed E-state index contributed by atoms with van der Waals surface area (Å²) in [4.78, 5) is 0. The van der Waals surface area contributed by atoms with Gasteiger partial charge >= 0.3 is 0 Å². The molecule has 0 saturated carbocycles. The Morgan fingerprint density at radius 2 is 1.37 bits per heavy atom. The fourth-order valence-corrected chi connectivity index (χ4v) is 1.57. The summed E-state index contributed by atoms with van der Waals surface area (Å²) >= 11 is 0. The van der Waals surface area contributed by atoms with Crippen LogP contribution >= 0.6 is 0 Å².